The molecule has 42 valence electrons. The first-order chi connectivity index (χ1) is 3.13. The van der Waals surface area contributed by atoms with Gasteiger partial charge in [-0.25, -0.2) is 4.79 Å². The molecule has 0 amide bonds. The summed E-state index contributed by atoms with van der Waals surface area (Å²) in [6.07, 6.45) is -1.68. The Morgan fingerprint density at radius 1 is 1.57 bits per heavy atom. The molecule has 0 saturated heterocycles. The van der Waals surface area contributed by atoms with Gasteiger partial charge in [-0.3, -0.25) is 0 Å². The fourth-order valence-electron chi connectivity index (χ4n) is 0.0698. The van der Waals surface area contributed by atoms with Crippen molar-refractivity contribution in [2.45, 2.75) is 0 Å². The molecule has 0 atom stereocenters. The summed E-state index contributed by atoms with van der Waals surface area (Å²) in [4.78, 5) is 24.8. The van der Waals surface area contributed by atoms with Crippen molar-refractivity contribution in [3.63, 3.8) is 0 Å². The van der Waals surface area contributed by atoms with E-state index >= 15 is 0 Å². The Morgan fingerprint density at radius 3 is 2.00 bits per heavy atom. The molecule has 0 bridgehead atoms. The summed E-state index contributed by atoms with van der Waals surface area (Å²) in [5.41, 5.74) is 0. The molecule has 0 aromatic heterocycles. The molecule has 5 nitrogen and oxygen atoms in total. The first kappa shape index (κ1) is 6.62. The number of rotatable bonds is 1. The van der Waals surface area contributed by atoms with E-state index in [1.807, 2.05) is 0 Å². The summed E-state index contributed by atoms with van der Waals surface area (Å²) in [6, 6.07) is 0. The van der Waals surface area contributed by atoms with Gasteiger partial charge in [-0.15, -0.1) is 0 Å². The monoisotopic (exact) mass is 126 g/mol. The molecule has 6 heteroatoms. The SMILES string of the molecule is O=C(O)OP(O)O. The summed E-state index contributed by atoms with van der Waals surface area (Å²) >= 11 is 0. The van der Waals surface area contributed by atoms with E-state index in [1.165, 1.54) is 0 Å². The molecule has 0 aromatic carbocycles. The van der Waals surface area contributed by atoms with Crippen molar-refractivity contribution < 1.29 is 24.2 Å². The second-order valence-corrected chi connectivity index (χ2v) is 1.30. The number of hydrogen-bond acceptors (Lipinski definition) is 4. The minimum atomic E-state index is -2.74. The highest BCUT2D eigenvalue weighted by Gasteiger charge is 2.03. The Balaban J connectivity index is 3.13. The summed E-state index contributed by atoms with van der Waals surface area (Å²) < 4.78 is 3.34. The molecule has 0 fully saturated rings. The lowest BCUT2D eigenvalue weighted by molar-refractivity contribution is 0.138. The van der Waals surface area contributed by atoms with E-state index in [2.05, 4.69) is 4.52 Å². The lowest BCUT2D eigenvalue weighted by Gasteiger charge is -1.94. The molecule has 0 aliphatic heterocycles. The molecular formula is CH3O5P. The standard InChI is InChI=1S/CH3O5P/c2-1(3)6-7(4)5/h4-5H,(H,2,3). The molecule has 0 unspecified atom stereocenters. The third-order valence-corrected chi connectivity index (χ3v) is 0.479. The van der Waals surface area contributed by atoms with Gasteiger partial charge in [0.1, 0.15) is 0 Å². The maximum Gasteiger partial charge on any atom is 0.512 e. The fourth-order valence-corrected chi connectivity index (χ4v) is 0.210. The smallest absolute Gasteiger partial charge is 0.449 e. The predicted octanol–water partition coefficient (Wildman–Crippen LogP) is -0.108. The second-order valence-electron chi connectivity index (χ2n) is 0.610. The molecule has 0 rings (SSSR count). The molecule has 7 heavy (non-hydrogen) atoms. The molecule has 0 spiro atoms. The van der Waals surface area contributed by atoms with Crippen molar-refractivity contribution in [3.8, 4) is 0 Å². The van der Waals surface area contributed by atoms with Crippen LogP contribution in [0.5, 0.6) is 0 Å². The van der Waals surface area contributed by atoms with Crippen LogP contribution in [-0.4, -0.2) is 21.0 Å². The highest BCUT2D eigenvalue weighted by molar-refractivity contribution is 7.40. The van der Waals surface area contributed by atoms with Crippen LogP contribution in [0.4, 0.5) is 4.79 Å². The van der Waals surface area contributed by atoms with Crippen molar-refractivity contribution in [3.05, 3.63) is 0 Å². The number of carbonyl (C=O) groups is 1. The maximum atomic E-state index is 9.28. The van der Waals surface area contributed by atoms with Gasteiger partial charge in [0.05, 0.1) is 0 Å². The Bertz CT molecular complexity index is 68.5. The van der Waals surface area contributed by atoms with E-state index < -0.39 is 14.8 Å². The Hall–Kier alpha value is -0.380. The molecule has 0 radical (unpaired) electrons. The van der Waals surface area contributed by atoms with Gasteiger partial charge in [-0.1, -0.05) is 0 Å². The largest absolute Gasteiger partial charge is 0.512 e. The van der Waals surface area contributed by atoms with E-state index in [9.17, 15) is 4.79 Å². The lowest BCUT2D eigenvalue weighted by Crippen LogP contribution is -1.92. The fraction of sp³-hybridized carbons (Fsp3) is 0. The van der Waals surface area contributed by atoms with Gasteiger partial charge in [-0.05, 0) is 0 Å². The predicted molar refractivity (Wildman–Crippen MR) is 20.5 cm³/mol. The zero-order chi connectivity index (χ0) is 5.86. The van der Waals surface area contributed by atoms with Gasteiger partial charge < -0.3 is 19.4 Å². The summed E-state index contributed by atoms with van der Waals surface area (Å²) in [5, 5.41) is 7.56. The van der Waals surface area contributed by atoms with E-state index in [-0.39, 0.29) is 0 Å². The van der Waals surface area contributed by atoms with Gasteiger partial charge in [-0.2, -0.15) is 0 Å². The minimum absolute atomic E-state index is 1.68. The molecule has 0 aliphatic rings. The van der Waals surface area contributed by atoms with Crippen molar-refractivity contribution in [2.24, 2.45) is 0 Å². The first-order valence-electron chi connectivity index (χ1n) is 1.21. The average Bonchev–Trinajstić information content (AvgIpc) is 1.27. The van der Waals surface area contributed by atoms with Crippen molar-refractivity contribution in [1.82, 2.24) is 0 Å². The molecule has 0 heterocycles. The van der Waals surface area contributed by atoms with Crippen molar-refractivity contribution in [1.29, 1.82) is 0 Å². The third-order valence-electron chi connectivity index (χ3n) is 0.160. The van der Waals surface area contributed by atoms with Crippen molar-refractivity contribution in [2.75, 3.05) is 0 Å². The first-order valence-corrected chi connectivity index (χ1v) is 2.38. The molecule has 3 N–H and O–H groups in total. The summed E-state index contributed by atoms with van der Waals surface area (Å²) in [6.45, 7) is 0. The van der Waals surface area contributed by atoms with Crippen molar-refractivity contribution >= 4 is 14.8 Å². The van der Waals surface area contributed by atoms with E-state index in [0.717, 1.165) is 0 Å². The second kappa shape index (κ2) is 2.74. The van der Waals surface area contributed by atoms with Gasteiger partial charge in [0, 0.05) is 0 Å². The van der Waals surface area contributed by atoms with E-state index in [0.29, 0.717) is 0 Å². The molecule has 0 aliphatic carbocycles. The molecule has 0 saturated carbocycles. The molecule has 0 aromatic rings. The maximum absolute atomic E-state index is 9.28. The van der Waals surface area contributed by atoms with Gasteiger partial charge in [0.25, 0.3) is 0 Å². The van der Waals surface area contributed by atoms with Gasteiger partial charge in [0.15, 0.2) is 0 Å². The van der Waals surface area contributed by atoms with E-state index in [1.54, 1.807) is 0 Å². The van der Waals surface area contributed by atoms with Crippen LogP contribution in [0.1, 0.15) is 0 Å². The minimum Gasteiger partial charge on any atom is -0.449 e. The van der Waals surface area contributed by atoms with Crippen LogP contribution in [0.15, 0.2) is 0 Å². The molecular weight excluding hydrogens is 123 g/mol. The zero-order valence-corrected chi connectivity index (χ0v) is 4.00. The van der Waals surface area contributed by atoms with Crippen LogP contribution in [-0.2, 0) is 4.52 Å². The highest BCUT2D eigenvalue weighted by Crippen LogP contribution is 2.23. The zero-order valence-electron chi connectivity index (χ0n) is 3.11. The van der Waals surface area contributed by atoms with Gasteiger partial charge in [0.2, 0.25) is 0 Å². The normalized spacial score (nSPS) is 9.00. The Labute approximate surface area is 40.2 Å². The van der Waals surface area contributed by atoms with Crippen LogP contribution in [0, 0.1) is 0 Å². The quantitative estimate of drug-likeness (QED) is 0.426. The summed E-state index contributed by atoms with van der Waals surface area (Å²) in [7, 11) is -2.74. The van der Waals surface area contributed by atoms with Crippen LogP contribution in [0.2, 0.25) is 0 Å². The Morgan fingerprint density at radius 2 is 2.00 bits per heavy atom. The van der Waals surface area contributed by atoms with E-state index in [4.69, 9.17) is 14.9 Å². The topological polar surface area (TPSA) is 87.0 Å². The highest BCUT2D eigenvalue weighted by atomic mass is 31.2. The third kappa shape index (κ3) is 5.62. The van der Waals surface area contributed by atoms with Crippen LogP contribution in [0.25, 0.3) is 0 Å². The Kier molecular flexibility index (Phi) is 2.59. The van der Waals surface area contributed by atoms with Gasteiger partial charge >= 0.3 is 14.8 Å². The lowest BCUT2D eigenvalue weighted by atomic mass is 11.5. The van der Waals surface area contributed by atoms with Crippen LogP contribution < -0.4 is 0 Å². The average molecular weight is 126 g/mol. The summed E-state index contributed by atoms with van der Waals surface area (Å²) in [5.74, 6) is 0. The van der Waals surface area contributed by atoms with Crippen LogP contribution in [0.3, 0.4) is 0 Å². The van der Waals surface area contributed by atoms with Crippen LogP contribution >= 0.6 is 8.60 Å². The number of hydrogen-bond donors (Lipinski definition) is 3. The number of carboxylic acid groups (broad SMARTS) is 1.